The molecule has 78 valence electrons. The van der Waals surface area contributed by atoms with Crippen LogP contribution in [0.3, 0.4) is 0 Å². The number of anilines is 1. The third-order valence-corrected chi connectivity index (χ3v) is 2.68. The summed E-state index contributed by atoms with van der Waals surface area (Å²) in [7, 11) is 0. The van der Waals surface area contributed by atoms with E-state index in [1.54, 1.807) is 0 Å². The standard InChI is InChI=1S/C10H12N4S/c1-7-3-4-9(11-5-7)6-12-10-13-8(2)14-15-10/h3-5H,6H2,1-2H3,(H,12,13,14). The summed E-state index contributed by atoms with van der Waals surface area (Å²) in [6, 6.07) is 4.06. The number of hydrogen-bond acceptors (Lipinski definition) is 5. The predicted molar refractivity (Wildman–Crippen MR) is 60.9 cm³/mol. The van der Waals surface area contributed by atoms with Crippen LogP contribution >= 0.6 is 11.5 Å². The number of aryl methyl sites for hydroxylation is 2. The van der Waals surface area contributed by atoms with Gasteiger partial charge in [0.2, 0.25) is 5.13 Å². The number of aromatic nitrogens is 3. The van der Waals surface area contributed by atoms with Crippen molar-refractivity contribution in [3.05, 3.63) is 35.4 Å². The molecule has 0 aliphatic heterocycles. The van der Waals surface area contributed by atoms with Gasteiger partial charge >= 0.3 is 0 Å². The summed E-state index contributed by atoms with van der Waals surface area (Å²) >= 11 is 1.37. The minimum atomic E-state index is 0.689. The Hall–Kier alpha value is -1.49. The van der Waals surface area contributed by atoms with E-state index in [4.69, 9.17) is 0 Å². The van der Waals surface area contributed by atoms with E-state index in [1.165, 1.54) is 17.1 Å². The predicted octanol–water partition coefficient (Wildman–Crippen LogP) is 2.16. The number of pyridine rings is 1. The van der Waals surface area contributed by atoms with Crippen LogP contribution in [-0.2, 0) is 6.54 Å². The highest BCUT2D eigenvalue weighted by Crippen LogP contribution is 2.11. The van der Waals surface area contributed by atoms with Crippen LogP contribution in [0.25, 0.3) is 0 Å². The van der Waals surface area contributed by atoms with Crippen molar-refractivity contribution < 1.29 is 0 Å². The maximum atomic E-state index is 4.29. The van der Waals surface area contributed by atoms with Gasteiger partial charge in [-0.25, -0.2) is 4.98 Å². The lowest BCUT2D eigenvalue weighted by molar-refractivity contribution is 1.03. The summed E-state index contributed by atoms with van der Waals surface area (Å²) < 4.78 is 4.09. The Balaban J connectivity index is 1.96. The fraction of sp³-hybridized carbons (Fsp3) is 0.300. The molecule has 0 amide bonds. The van der Waals surface area contributed by atoms with Crippen LogP contribution in [0.5, 0.6) is 0 Å². The van der Waals surface area contributed by atoms with E-state index in [1.807, 2.05) is 26.1 Å². The van der Waals surface area contributed by atoms with E-state index in [9.17, 15) is 0 Å². The van der Waals surface area contributed by atoms with Gasteiger partial charge < -0.3 is 5.32 Å². The maximum absolute atomic E-state index is 4.29. The Morgan fingerprint density at radius 1 is 1.33 bits per heavy atom. The van der Waals surface area contributed by atoms with Crippen molar-refractivity contribution in [2.75, 3.05) is 5.32 Å². The lowest BCUT2D eigenvalue weighted by Gasteiger charge is -2.01. The van der Waals surface area contributed by atoms with Crippen molar-refractivity contribution in [1.82, 2.24) is 14.3 Å². The van der Waals surface area contributed by atoms with E-state index in [0.29, 0.717) is 6.54 Å². The van der Waals surface area contributed by atoms with Crippen molar-refractivity contribution in [2.45, 2.75) is 20.4 Å². The third kappa shape index (κ3) is 2.73. The fourth-order valence-corrected chi connectivity index (χ4v) is 1.71. The zero-order valence-electron chi connectivity index (χ0n) is 8.69. The van der Waals surface area contributed by atoms with Gasteiger partial charge in [-0.2, -0.15) is 4.37 Å². The molecule has 1 N–H and O–H groups in total. The summed E-state index contributed by atoms with van der Waals surface area (Å²) in [6.45, 7) is 4.60. The van der Waals surface area contributed by atoms with Crippen LogP contribution in [0.4, 0.5) is 5.13 Å². The first-order valence-corrected chi connectivity index (χ1v) is 5.47. The first-order valence-electron chi connectivity index (χ1n) is 4.70. The molecule has 0 saturated heterocycles. The van der Waals surface area contributed by atoms with Crippen LogP contribution in [0.1, 0.15) is 17.1 Å². The molecular weight excluding hydrogens is 208 g/mol. The molecule has 0 aliphatic rings. The summed E-state index contributed by atoms with van der Waals surface area (Å²) in [5, 5.41) is 4.03. The van der Waals surface area contributed by atoms with Crippen LogP contribution in [0.2, 0.25) is 0 Å². The molecule has 0 spiro atoms. The van der Waals surface area contributed by atoms with Crippen LogP contribution in [0, 0.1) is 13.8 Å². The fourth-order valence-electron chi connectivity index (χ4n) is 1.14. The van der Waals surface area contributed by atoms with E-state index in [2.05, 4.69) is 25.7 Å². The smallest absolute Gasteiger partial charge is 0.202 e. The zero-order valence-corrected chi connectivity index (χ0v) is 9.51. The highest BCUT2D eigenvalue weighted by atomic mass is 32.1. The molecule has 0 fully saturated rings. The molecule has 5 heteroatoms. The molecule has 2 aromatic rings. The largest absolute Gasteiger partial charge is 0.355 e. The highest BCUT2D eigenvalue weighted by Gasteiger charge is 1.99. The molecule has 2 heterocycles. The number of rotatable bonds is 3. The van der Waals surface area contributed by atoms with Crippen LogP contribution < -0.4 is 5.32 Å². The molecule has 0 bridgehead atoms. The Bertz CT molecular complexity index is 435. The molecule has 0 radical (unpaired) electrons. The van der Waals surface area contributed by atoms with E-state index < -0.39 is 0 Å². The topological polar surface area (TPSA) is 50.7 Å². The first kappa shape index (κ1) is 10.0. The third-order valence-electron chi connectivity index (χ3n) is 1.92. The van der Waals surface area contributed by atoms with Gasteiger partial charge in [0.15, 0.2) is 0 Å². The second-order valence-corrected chi connectivity index (χ2v) is 4.08. The van der Waals surface area contributed by atoms with Crippen LogP contribution in [-0.4, -0.2) is 14.3 Å². The van der Waals surface area contributed by atoms with Gasteiger partial charge in [0.1, 0.15) is 5.82 Å². The second kappa shape index (κ2) is 4.35. The summed E-state index contributed by atoms with van der Waals surface area (Å²) in [5.41, 5.74) is 2.18. The molecule has 4 nitrogen and oxygen atoms in total. The van der Waals surface area contributed by atoms with Gasteiger partial charge in [0, 0.05) is 17.7 Å². The van der Waals surface area contributed by atoms with Crippen molar-refractivity contribution in [1.29, 1.82) is 0 Å². The molecule has 2 rings (SSSR count). The molecule has 0 aromatic carbocycles. The van der Waals surface area contributed by atoms with Crippen LogP contribution in [0.15, 0.2) is 18.3 Å². The van der Waals surface area contributed by atoms with Gasteiger partial charge in [-0.05, 0) is 25.5 Å². The molecule has 15 heavy (non-hydrogen) atoms. The Morgan fingerprint density at radius 3 is 2.80 bits per heavy atom. The van der Waals surface area contributed by atoms with Gasteiger partial charge in [-0.3, -0.25) is 4.98 Å². The van der Waals surface area contributed by atoms with Gasteiger partial charge in [-0.1, -0.05) is 6.07 Å². The summed E-state index contributed by atoms with van der Waals surface area (Å²) in [4.78, 5) is 8.51. The SMILES string of the molecule is Cc1ccc(CNc2nc(C)ns2)nc1. The molecular formula is C10H12N4S. The number of nitrogens with one attached hydrogen (secondary N) is 1. The molecule has 0 unspecified atom stereocenters. The quantitative estimate of drug-likeness (QED) is 0.861. The van der Waals surface area contributed by atoms with Gasteiger partial charge in [0.05, 0.1) is 12.2 Å². The lowest BCUT2D eigenvalue weighted by Crippen LogP contribution is -2.01. The van der Waals surface area contributed by atoms with Crippen molar-refractivity contribution in [3.63, 3.8) is 0 Å². The van der Waals surface area contributed by atoms with Crippen molar-refractivity contribution in [2.24, 2.45) is 0 Å². The van der Waals surface area contributed by atoms with Crippen molar-refractivity contribution in [3.8, 4) is 0 Å². The Kier molecular flexibility index (Phi) is 2.91. The minimum Gasteiger partial charge on any atom is -0.355 e. The van der Waals surface area contributed by atoms with E-state index in [-0.39, 0.29) is 0 Å². The zero-order chi connectivity index (χ0) is 10.7. The first-order chi connectivity index (χ1) is 7.24. The minimum absolute atomic E-state index is 0.689. The Labute approximate surface area is 92.6 Å². The summed E-state index contributed by atoms with van der Waals surface area (Å²) in [5.74, 6) is 0.805. The molecule has 0 aliphatic carbocycles. The molecule has 0 atom stereocenters. The molecule has 0 saturated carbocycles. The molecule has 2 aromatic heterocycles. The Morgan fingerprint density at radius 2 is 2.20 bits per heavy atom. The summed E-state index contributed by atoms with van der Waals surface area (Å²) in [6.07, 6.45) is 1.86. The number of nitrogens with zero attached hydrogens (tertiary/aromatic N) is 3. The van der Waals surface area contributed by atoms with Gasteiger partial charge in [-0.15, -0.1) is 0 Å². The highest BCUT2D eigenvalue weighted by molar-refractivity contribution is 7.09. The van der Waals surface area contributed by atoms with Crippen molar-refractivity contribution >= 4 is 16.7 Å². The van der Waals surface area contributed by atoms with E-state index in [0.717, 1.165) is 16.6 Å². The van der Waals surface area contributed by atoms with Gasteiger partial charge in [0.25, 0.3) is 0 Å². The monoisotopic (exact) mass is 220 g/mol. The normalized spacial score (nSPS) is 10.3. The maximum Gasteiger partial charge on any atom is 0.202 e. The van der Waals surface area contributed by atoms with E-state index >= 15 is 0 Å². The lowest BCUT2D eigenvalue weighted by atomic mass is 10.3. The average Bonchev–Trinajstić information content (AvgIpc) is 2.64. The average molecular weight is 220 g/mol. The second-order valence-electron chi connectivity index (χ2n) is 3.33. The number of hydrogen-bond donors (Lipinski definition) is 1.